The normalized spacial score (nSPS) is 14.0. The lowest BCUT2D eigenvalue weighted by Gasteiger charge is -2.08. The molecule has 2 N–H and O–H groups in total. The molecule has 1 amide bonds. The fourth-order valence-electron chi connectivity index (χ4n) is 2.21. The standard InChI is InChI=1S/C16H23NO4/c1-12(10-18)3-2-8-17-16(19)7-5-13-4-6-14-15(9-13)21-11-20-14/h4,6,9,12,18H,2-3,5,7-8,10-11H2,1H3,(H,17,19). The van der Waals surface area contributed by atoms with E-state index < -0.39 is 0 Å². The lowest BCUT2D eigenvalue weighted by atomic mass is 10.1. The molecule has 2 rings (SSSR count). The molecular weight excluding hydrogens is 270 g/mol. The molecular formula is C16H23NO4. The second kappa shape index (κ2) is 7.88. The van der Waals surface area contributed by atoms with Crippen LogP contribution in [0.2, 0.25) is 0 Å². The van der Waals surface area contributed by atoms with Gasteiger partial charge in [-0.05, 0) is 42.9 Å². The van der Waals surface area contributed by atoms with Crippen LogP contribution in [0.25, 0.3) is 0 Å². The van der Waals surface area contributed by atoms with Crippen LogP contribution in [0.5, 0.6) is 11.5 Å². The van der Waals surface area contributed by atoms with E-state index in [4.69, 9.17) is 14.6 Å². The number of benzene rings is 1. The molecule has 1 aliphatic heterocycles. The summed E-state index contributed by atoms with van der Waals surface area (Å²) in [6, 6.07) is 5.77. The highest BCUT2D eigenvalue weighted by molar-refractivity contribution is 5.76. The summed E-state index contributed by atoms with van der Waals surface area (Å²) in [7, 11) is 0. The molecule has 1 atom stereocenters. The fourth-order valence-corrected chi connectivity index (χ4v) is 2.21. The molecule has 0 saturated carbocycles. The predicted molar refractivity (Wildman–Crippen MR) is 79.4 cm³/mol. The smallest absolute Gasteiger partial charge is 0.231 e. The average Bonchev–Trinajstić information content (AvgIpc) is 2.96. The van der Waals surface area contributed by atoms with Crippen molar-refractivity contribution in [2.24, 2.45) is 5.92 Å². The predicted octanol–water partition coefficient (Wildman–Crippen LogP) is 1.87. The Morgan fingerprint density at radius 1 is 1.38 bits per heavy atom. The molecule has 0 spiro atoms. The molecule has 0 aliphatic carbocycles. The number of ether oxygens (including phenoxy) is 2. The van der Waals surface area contributed by atoms with Crippen LogP contribution in [-0.4, -0.2) is 31.0 Å². The highest BCUT2D eigenvalue weighted by Crippen LogP contribution is 2.32. The monoisotopic (exact) mass is 293 g/mol. The molecule has 21 heavy (non-hydrogen) atoms. The van der Waals surface area contributed by atoms with E-state index in [9.17, 15) is 4.79 Å². The van der Waals surface area contributed by atoms with Gasteiger partial charge < -0.3 is 19.9 Å². The summed E-state index contributed by atoms with van der Waals surface area (Å²) in [4.78, 5) is 11.7. The Labute approximate surface area is 125 Å². The van der Waals surface area contributed by atoms with Crippen LogP contribution in [0.15, 0.2) is 18.2 Å². The summed E-state index contributed by atoms with van der Waals surface area (Å²) in [5.41, 5.74) is 1.07. The highest BCUT2D eigenvalue weighted by atomic mass is 16.7. The van der Waals surface area contributed by atoms with Gasteiger partial charge in [-0.1, -0.05) is 13.0 Å². The minimum atomic E-state index is 0.0596. The Morgan fingerprint density at radius 2 is 2.19 bits per heavy atom. The maximum Gasteiger partial charge on any atom is 0.231 e. The molecule has 5 nitrogen and oxygen atoms in total. The largest absolute Gasteiger partial charge is 0.454 e. The summed E-state index contributed by atoms with van der Waals surface area (Å²) in [6.45, 7) is 3.15. The van der Waals surface area contributed by atoms with Crippen molar-refractivity contribution in [1.82, 2.24) is 5.32 Å². The molecule has 0 bridgehead atoms. The zero-order chi connectivity index (χ0) is 15.1. The summed E-state index contributed by atoms with van der Waals surface area (Å²) in [5, 5.41) is 11.8. The molecule has 1 aliphatic rings. The van der Waals surface area contributed by atoms with Crippen molar-refractivity contribution in [2.75, 3.05) is 19.9 Å². The fraction of sp³-hybridized carbons (Fsp3) is 0.562. The van der Waals surface area contributed by atoms with Gasteiger partial charge in [0.2, 0.25) is 12.7 Å². The van der Waals surface area contributed by atoms with Crippen LogP contribution in [0.3, 0.4) is 0 Å². The number of hydrogen-bond donors (Lipinski definition) is 2. The van der Waals surface area contributed by atoms with E-state index >= 15 is 0 Å². The Morgan fingerprint density at radius 3 is 3.00 bits per heavy atom. The van der Waals surface area contributed by atoms with Crippen LogP contribution in [0.1, 0.15) is 31.7 Å². The SMILES string of the molecule is CC(CO)CCCNC(=O)CCc1ccc2c(c1)OCO2. The van der Waals surface area contributed by atoms with E-state index in [1.54, 1.807) is 0 Å². The van der Waals surface area contributed by atoms with E-state index in [1.807, 2.05) is 25.1 Å². The van der Waals surface area contributed by atoms with Crippen molar-refractivity contribution in [3.8, 4) is 11.5 Å². The molecule has 5 heteroatoms. The van der Waals surface area contributed by atoms with E-state index in [-0.39, 0.29) is 19.3 Å². The van der Waals surface area contributed by atoms with E-state index in [0.29, 0.717) is 25.3 Å². The average molecular weight is 293 g/mol. The first-order chi connectivity index (χ1) is 10.2. The molecule has 1 unspecified atom stereocenters. The second-order valence-corrected chi connectivity index (χ2v) is 5.47. The second-order valence-electron chi connectivity index (χ2n) is 5.47. The third-order valence-electron chi connectivity index (χ3n) is 3.59. The third-order valence-corrected chi connectivity index (χ3v) is 3.59. The Kier molecular flexibility index (Phi) is 5.87. The van der Waals surface area contributed by atoms with Gasteiger partial charge in [0, 0.05) is 19.6 Å². The Balaban J connectivity index is 1.65. The number of nitrogens with one attached hydrogen (secondary N) is 1. The number of aryl methyl sites for hydroxylation is 1. The molecule has 0 aromatic heterocycles. The number of rotatable bonds is 8. The van der Waals surface area contributed by atoms with Gasteiger partial charge in [0.1, 0.15) is 0 Å². The molecule has 1 heterocycles. The quantitative estimate of drug-likeness (QED) is 0.718. The summed E-state index contributed by atoms with van der Waals surface area (Å²) in [5.74, 6) is 1.88. The van der Waals surface area contributed by atoms with Gasteiger partial charge in [0.25, 0.3) is 0 Å². The van der Waals surface area contributed by atoms with Crippen molar-refractivity contribution in [1.29, 1.82) is 0 Å². The number of aliphatic hydroxyl groups excluding tert-OH is 1. The van der Waals surface area contributed by atoms with Crippen molar-refractivity contribution in [3.63, 3.8) is 0 Å². The number of carbonyl (C=O) groups excluding carboxylic acids is 1. The Hall–Kier alpha value is -1.75. The van der Waals surface area contributed by atoms with Gasteiger partial charge >= 0.3 is 0 Å². The van der Waals surface area contributed by atoms with Crippen molar-refractivity contribution < 1.29 is 19.4 Å². The zero-order valence-electron chi connectivity index (χ0n) is 12.4. The summed E-state index contributed by atoms with van der Waals surface area (Å²) >= 11 is 0. The number of aliphatic hydroxyl groups is 1. The van der Waals surface area contributed by atoms with Gasteiger partial charge in [-0.25, -0.2) is 0 Å². The number of hydrogen-bond acceptors (Lipinski definition) is 4. The molecule has 0 fully saturated rings. The zero-order valence-corrected chi connectivity index (χ0v) is 12.4. The van der Waals surface area contributed by atoms with Crippen LogP contribution in [0, 0.1) is 5.92 Å². The first kappa shape index (κ1) is 15.6. The van der Waals surface area contributed by atoms with Gasteiger partial charge in [-0.2, -0.15) is 0 Å². The van der Waals surface area contributed by atoms with E-state index in [1.165, 1.54) is 0 Å². The first-order valence-corrected chi connectivity index (χ1v) is 7.45. The van der Waals surface area contributed by atoms with Crippen LogP contribution >= 0.6 is 0 Å². The van der Waals surface area contributed by atoms with Gasteiger partial charge in [0.15, 0.2) is 11.5 Å². The van der Waals surface area contributed by atoms with E-state index in [0.717, 1.165) is 29.9 Å². The van der Waals surface area contributed by atoms with Crippen LogP contribution in [0.4, 0.5) is 0 Å². The molecule has 116 valence electrons. The van der Waals surface area contributed by atoms with Gasteiger partial charge in [-0.15, -0.1) is 0 Å². The highest BCUT2D eigenvalue weighted by Gasteiger charge is 2.13. The minimum Gasteiger partial charge on any atom is -0.454 e. The lowest BCUT2D eigenvalue weighted by molar-refractivity contribution is -0.121. The van der Waals surface area contributed by atoms with Gasteiger partial charge in [0.05, 0.1) is 0 Å². The molecule has 1 aromatic rings. The van der Waals surface area contributed by atoms with Crippen molar-refractivity contribution in [2.45, 2.75) is 32.6 Å². The molecule has 0 saturated heterocycles. The van der Waals surface area contributed by atoms with Gasteiger partial charge in [-0.3, -0.25) is 4.79 Å². The van der Waals surface area contributed by atoms with Crippen molar-refractivity contribution >= 4 is 5.91 Å². The van der Waals surface area contributed by atoms with Crippen LogP contribution in [-0.2, 0) is 11.2 Å². The topological polar surface area (TPSA) is 67.8 Å². The van der Waals surface area contributed by atoms with Crippen molar-refractivity contribution in [3.05, 3.63) is 23.8 Å². The number of fused-ring (bicyclic) bond motifs is 1. The summed E-state index contributed by atoms with van der Waals surface area (Å²) < 4.78 is 10.6. The first-order valence-electron chi connectivity index (χ1n) is 7.45. The number of amides is 1. The minimum absolute atomic E-state index is 0.0596. The lowest BCUT2D eigenvalue weighted by Crippen LogP contribution is -2.25. The maximum atomic E-state index is 11.7. The maximum absolute atomic E-state index is 11.7. The molecule has 0 radical (unpaired) electrons. The number of carbonyl (C=O) groups is 1. The molecule has 1 aromatic carbocycles. The summed E-state index contributed by atoms with van der Waals surface area (Å²) in [6.07, 6.45) is 2.99. The van der Waals surface area contributed by atoms with Crippen LogP contribution < -0.4 is 14.8 Å². The Bertz CT molecular complexity index is 475. The third kappa shape index (κ3) is 4.93. The van der Waals surface area contributed by atoms with E-state index in [2.05, 4.69) is 5.32 Å².